The standard InChI is InChI=1S/C6H13N3O2/c1-5(10)11-6(2,3)4-8-9-7/h5,10H,4H2,1-3H3/t5-/m0/s1. The molecule has 0 unspecified atom stereocenters. The minimum Gasteiger partial charge on any atom is -0.368 e. The first-order chi connectivity index (χ1) is 4.98. The molecule has 0 aliphatic heterocycles. The van der Waals surface area contributed by atoms with Crippen molar-refractivity contribution in [1.82, 2.24) is 0 Å². The highest BCUT2D eigenvalue weighted by Crippen LogP contribution is 2.11. The van der Waals surface area contributed by atoms with Crippen LogP contribution in [0.15, 0.2) is 5.11 Å². The Morgan fingerprint density at radius 2 is 2.27 bits per heavy atom. The lowest BCUT2D eigenvalue weighted by atomic mass is 10.1. The molecular weight excluding hydrogens is 146 g/mol. The van der Waals surface area contributed by atoms with E-state index in [1.165, 1.54) is 6.92 Å². The average Bonchev–Trinajstić information content (AvgIpc) is 1.81. The average molecular weight is 159 g/mol. The molecule has 0 saturated carbocycles. The number of aliphatic hydroxyl groups excluding tert-OH is 1. The van der Waals surface area contributed by atoms with Gasteiger partial charge in [0.15, 0.2) is 6.29 Å². The number of hydrogen-bond donors (Lipinski definition) is 1. The Kier molecular flexibility index (Phi) is 3.89. The second-order valence-electron chi connectivity index (χ2n) is 2.87. The second-order valence-corrected chi connectivity index (χ2v) is 2.87. The Bertz CT molecular complexity index is 161. The maximum Gasteiger partial charge on any atom is 0.152 e. The summed E-state index contributed by atoms with van der Waals surface area (Å²) in [5.41, 5.74) is 7.41. The first kappa shape index (κ1) is 10.2. The smallest absolute Gasteiger partial charge is 0.152 e. The van der Waals surface area contributed by atoms with E-state index in [-0.39, 0.29) is 6.54 Å². The summed E-state index contributed by atoms with van der Waals surface area (Å²) >= 11 is 0. The van der Waals surface area contributed by atoms with E-state index in [9.17, 15) is 0 Å². The van der Waals surface area contributed by atoms with Gasteiger partial charge in [0.05, 0.1) is 12.1 Å². The van der Waals surface area contributed by atoms with Crippen molar-refractivity contribution in [1.29, 1.82) is 0 Å². The minimum atomic E-state index is -0.834. The predicted molar refractivity (Wildman–Crippen MR) is 40.9 cm³/mol. The van der Waals surface area contributed by atoms with Crippen molar-refractivity contribution in [2.75, 3.05) is 6.54 Å². The molecule has 0 aliphatic carbocycles. The number of rotatable bonds is 4. The van der Waals surface area contributed by atoms with Crippen molar-refractivity contribution in [3.05, 3.63) is 10.4 Å². The topological polar surface area (TPSA) is 78.2 Å². The molecular formula is C6H13N3O2. The fourth-order valence-corrected chi connectivity index (χ4v) is 0.701. The second kappa shape index (κ2) is 4.18. The Labute approximate surface area is 65.6 Å². The van der Waals surface area contributed by atoms with Crippen LogP contribution in [0.1, 0.15) is 20.8 Å². The third kappa shape index (κ3) is 5.66. The summed E-state index contributed by atoms with van der Waals surface area (Å²) in [5.74, 6) is 0. The van der Waals surface area contributed by atoms with E-state index in [0.717, 1.165) is 0 Å². The van der Waals surface area contributed by atoms with Gasteiger partial charge in [-0.1, -0.05) is 5.11 Å². The van der Waals surface area contributed by atoms with Crippen molar-refractivity contribution >= 4 is 0 Å². The van der Waals surface area contributed by atoms with Gasteiger partial charge < -0.3 is 9.84 Å². The fraction of sp³-hybridized carbons (Fsp3) is 1.00. The zero-order valence-electron chi connectivity index (χ0n) is 6.98. The van der Waals surface area contributed by atoms with Gasteiger partial charge in [0, 0.05) is 4.91 Å². The number of azide groups is 1. The zero-order valence-corrected chi connectivity index (χ0v) is 6.98. The molecule has 0 aliphatic rings. The van der Waals surface area contributed by atoms with Gasteiger partial charge in [-0.05, 0) is 26.3 Å². The third-order valence-electron chi connectivity index (χ3n) is 1.00. The van der Waals surface area contributed by atoms with E-state index < -0.39 is 11.9 Å². The summed E-state index contributed by atoms with van der Waals surface area (Å²) in [6.07, 6.45) is -0.834. The van der Waals surface area contributed by atoms with Crippen LogP contribution in [0.3, 0.4) is 0 Å². The molecule has 0 aromatic rings. The SMILES string of the molecule is C[C@@H](O)OC(C)(C)CN=[N+]=[N-]. The number of hydrogen-bond acceptors (Lipinski definition) is 3. The highest BCUT2D eigenvalue weighted by Gasteiger charge is 2.19. The summed E-state index contributed by atoms with van der Waals surface area (Å²) in [5, 5.41) is 12.2. The van der Waals surface area contributed by atoms with Crippen molar-refractivity contribution in [2.24, 2.45) is 5.11 Å². The maximum atomic E-state index is 8.83. The molecule has 5 heteroatoms. The first-order valence-corrected chi connectivity index (χ1v) is 3.35. The van der Waals surface area contributed by atoms with Gasteiger partial charge in [0.1, 0.15) is 0 Å². The Hall–Kier alpha value is -0.770. The molecule has 11 heavy (non-hydrogen) atoms. The normalized spacial score (nSPS) is 13.8. The van der Waals surface area contributed by atoms with E-state index in [1.807, 2.05) is 0 Å². The van der Waals surface area contributed by atoms with Crippen LogP contribution < -0.4 is 0 Å². The monoisotopic (exact) mass is 159 g/mol. The van der Waals surface area contributed by atoms with Gasteiger partial charge in [-0.3, -0.25) is 0 Å². The van der Waals surface area contributed by atoms with E-state index in [4.69, 9.17) is 15.4 Å². The van der Waals surface area contributed by atoms with Gasteiger partial charge in [0.25, 0.3) is 0 Å². The summed E-state index contributed by atoms with van der Waals surface area (Å²) in [7, 11) is 0. The summed E-state index contributed by atoms with van der Waals surface area (Å²) < 4.78 is 5.03. The van der Waals surface area contributed by atoms with Crippen LogP contribution >= 0.6 is 0 Å². The van der Waals surface area contributed by atoms with Crippen molar-refractivity contribution < 1.29 is 9.84 Å². The molecule has 1 N–H and O–H groups in total. The van der Waals surface area contributed by atoms with Crippen LogP contribution in [0.5, 0.6) is 0 Å². The summed E-state index contributed by atoms with van der Waals surface area (Å²) in [6.45, 7) is 5.22. The molecule has 0 radical (unpaired) electrons. The Morgan fingerprint density at radius 3 is 2.64 bits per heavy atom. The zero-order chi connectivity index (χ0) is 8.91. The van der Waals surface area contributed by atoms with Crippen LogP contribution in [-0.4, -0.2) is 23.5 Å². The summed E-state index contributed by atoms with van der Waals surface area (Å²) in [4.78, 5) is 2.59. The molecule has 0 aromatic heterocycles. The molecule has 5 nitrogen and oxygen atoms in total. The molecule has 1 atom stereocenters. The maximum absolute atomic E-state index is 8.83. The molecule has 0 bridgehead atoms. The van der Waals surface area contributed by atoms with E-state index in [1.54, 1.807) is 13.8 Å². The van der Waals surface area contributed by atoms with Gasteiger partial charge in [-0.25, -0.2) is 0 Å². The fourth-order valence-electron chi connectivity index (χ4n) is 0.701. The predicted octanol–water partition coefficient (Wildman–Crippen LogP) is 1.43. The van der Waals surface area contributed by atoms with Gasteiger partial charge in [0.2, 0.25) is 0 Å². The molecule has 0 aromatic carbocycles. The van der Waals surface area contributed by atoms with Gasteiger partial charge in [-0.2, -0.15) is 0 Å². The lowest BCUT2D eigenvalue weighted by molar-refractivity contribution is -0.157. The quantitative estimate of drug-likeness (QED) is 0.291. The van der Waals surface area contributed by atoms with Crippen molar-refractivity contribution in [3.63, 3.8) is 0 Å². The lowest BCUT2D eigenvalue weighted by Crippen LogP contribution is -2.32. The van der Waals surface area contributed by atoms with Crippen LogP contribution in [0.2, 0.25) is 0 Å². The molecule has 0 heterocycles. The van der Waals surface area contributed by atoms with Crippen molar-refractivity contribution in [3.8, 4) is 0 Å². The highest BCUT2D eigenvalue weighted by molar-refractivity contribution is 4.71. The molecule has 0 spiro atoms. The number of aliphatic hydroxyl groups is 1. The first-order valence-electron chi connectivity index (χ1n) is 3.35. The van der Waals surface area contributed by atoms with Gasteiger partial charge in [-0.15, -0.1) is 0 Å². The molecule has 0 saturated heterocycles. The minimum absolute atomic E-state index is 0.217. The number of ether oxygens (including phenoxy) is 1. The summed E-state index contributed by atoms with van der Waals surface area (Å²) in [6, 6.07) is 0. The lowest BCUT2D eigenvalue weighted by Gasteiger charge is -2.24. The molecule has 64 valence electrons. The van der Waals surface area contributed by atoms with E-state index in [0.29, 0.717) is 0 Å². The third-order valence-corrected chi connectivity index (χ3v) is 1.00. The van der Waals surface area contributed by atoms with Crippen LogP contribution in [0.4, 0.5) is 0 Å². The van der Waals surface area contributed by atoms with Gasteiger partial charge >= 0.3 is 0 Å². The van der Waals surface area contributed by atoms with E-state index in [2.05, 4.69) is 10.0 Å². The van der Waals surface area contributed by atoms with E-state index >= 15 is 0 Å². The number of nitrogens with zero attached hydrogens (tertiary/aromatic N) is 3. The highest BCUT2D eigenvalue weighted by atomic mass is 16.6. The van der Waals surface area contributed by atoms with Crippen LogP contribution in [0, 0.1) is 0 Å². The molecule has 0 fully saturated rings. The van der Waals surface area contributed by atoms with Crippen molar-refractivity contribution in [2.45, 2.75) is 32.7 Å². The molecule has 0 rings (SSSR count). The molecule has 0 amide bonds. The Morgan fingerprint density at radius 1 is 1.73 bits per heavy atom. The van der Waals surface area contributed by atoms with Crippen LogP contribution in [0.25, 0.3) is 10.4 Å². The largest absolute Gasteiger partial charge is 0.368 e. The van der Waals surface area contributed by atoms with Crippen LogP contribution in [-0.2, 0) is 4.74 Å². The Balaban J connectivity index is 3.88.